The Hall–Kier alpha value is -2.11. The van der Waals surface area contributed by atoms with Crippen LogP contribution < -0.4 is 10.1 Å². The van der Waals surface area contributed by atoms with E-state index in [2.05, 4.69) is 5.32 Å². The highest BCUT2D eigenvalue weighted by Gasteiger charge is 2.32. The number of halogens is 2. The Bertz CT molecular complexity index is 783. The molecule has 138 valence electrons. The van der Waals surface area contributed by atoms with E-state index in [1.54, 1.807) is 30.3 Å². The standard InChI is InChI=1S/C20H21ClFNO3/c21-16-10-13(11-23-18-7-3-5-15(18)20(24)25)8-9-19(16)26-12-14-4-1-2-6-17(14)22/h1-2,4,6,8-10,15,18,23H,3,5,7,11-12H2,(H,24,25). The Balaban J connectivity index is 1.57. The molecule has 1 saturated carbocycles. The smallest absolute Gasteiger partial charge is 0.308 e. The van der Waals surface area contributed by atoms with E-state index in [1.165, 1.54) is 6.07 Å². The van der Waals surface area contributed by atoms with Gasteiger partial charge in [-0.1, -0.05) is 42.3 Å². The second kappa shape index (κ2) is 8.52. The first-order valence-corrected chi connectivity index (χ1v) is 9.03. The number of ether oxygens (including phenoxy) is 1. The van der Waals surface area contributed by atoms with Crippen molar-refractivity contribution in [2.75, 3.05) is 0 Å². The van der Waals surface area contributed by atoms with Crippen LogP contribution in [0, 0.1) is 11.7 Å². The fourth-order valence-electron chi connectivity index (χ4n) is 3.29. The van der Waals surface area contributed by atoms with Gasteiger partial charge in [0.1, 0.15) is 18.2 Å². The molecule has 2 aromatic rings. The minimum absolute atomic E-state index is 0.0109. The summed E-state index contributed by atoms with van der Waals surface area (Å²) in [6, 6.07) is 11.9. The molecule has 3 rings (SSSR count). The van der Waals surface area contributed by atoms with Gasteiger partial charge in [0.25, 0.3) is 0 Å². The number of hydrogen-bond acceptors (Lipinski definition) is 3. The van der Waals surface area contributed by atoms with Crippen LogP contribution in [0.2, 0.25) is 5.02 Å². The number of carbonyl (C=O) groups is 1. The highest BCUT2D eigenvalue weighted by molar-refractivity contribution is 6.32. The summed E-state index contributed by atoms with van der Waals surface area (Å²) in [5, 5.41) is 13.0. The highest BCUT2D eigenvalue weighted by atomic mass is 35.5. The van der Waals surface area contributed by atoms with Gasteiger partial charge < -0.3 is 15.2 Å². The minimum atomic E-state index is -0.741. The zero-order chi connectivity index (χ0) is 18.5. The van der Waals surface area contributed by atoms with Gasteiger partial charge in [0.2, 0.25) is 0 Å². The van der Waals surface area contributed by atoms with E-state index < -0.39 is 5.97 Å². The average Bonchev–Trinajstić information content (AvgIpc) is 3.09. The first kappa shape index (κ1) is 18.7. The lowest BCUT2D eigenvalue weighted by Crippen LogP contribution is -2.35. The van der Waals surface area contributed by atoms with Crippen molar-refractivity contribution in [1.29, 1.82) is 0 Å². The number of carboxylic acid groups (broad SMARTS) is 1. The molecule has 0 aliphatic heterocycles. The van der Waals surface area contributed by atoms with Crippen molar-refractivity contribution in [2.24, 2.45) is 5.92 Å². The van der Waals surface area contributed by atoms with Crippen LogP contribution in [0.5, 0.6) is 5.75 Å². The molecule has 0 saturated heterocycles. The van der Waals surface area contributed by atoms with Gasteiger partial charge in [-0.05, 0) is 36.6 Å². The summed E-state index contributed by atoms with van der Waals surface area (Å²) in [7, 11) is 0. The molecule has 0 amide bonds. The highest BCUT2D eigenvalue weighted by Crippen LogP contribution is 2.28. The van der Waals surface area contributed by atoms with Gasteiger partial charge in [0, 0.05) is 18.2 Å². The normalized spacial score (nSPS) is 19.5. The molecular weight excluding hydrogens is 357 g/mol. The molecular formula is C20H21ClFNO3. The summed E-state index contributed by atoms with van der Waals surface area (Å²) in [4.78, 5) is 11.2. The number of benzene rings is 2. The summed E-state index contributed by atoms with van der Waals surface area (Å²) in [5.41, 5.74) is 1.42. The van der Waals surface area contributed by atoms with Crippen molar-refractivity contribution in [3.05, 3.63) is 64.4 Å². The molecule has 0 spiro atoms. The third kappa shape index (κ3) is 4.54. The van der Waals surface area contributed by atoms with E-state index in [-0.39, 0.29) is 24.4 Å². The van der Waals surface area contributed by atoms with Gasteiger partial charge in [0.15, 0.2) is 0 Å². The molecule has 0 heterocycles. The van der Waals surface area contributed by atoms with Gasteiger partial charge in [-0.3, -0.25) is 4.79 Å². The summed E-state index contributed by atoms with van der Waals surface area (Å²) in [6.07, 6.45) is 2.52. The molecule has 2 aromatic carbocycles. The maximum Gasteiger partial charge on any atom is 0.308 e. The Labute approximate surface area is 156 Å². The van der Waals surface area contributed by atoms with Crippen molar-refractivity contribution in [2.45, 2.75) is 38.5 Å². The molecule has 0 bridgehead atoms. The second-order valence-corrected chi connectivity index (χ2v) is 6.92. The Morgan fingerprint density at radius 2 is 2.08 bits per heavy atom. The lowest BCUT2D eigenvalue weighted by molar-refractivity contribution is -0.142. The van der Waals surface area contributed by atoms with Crippen molar-refractivity contribution >= 4 is 17.6 Å². The SMILES string of the molecule is O=C(O)C1CCCC1NCc1ccc(OCc2ccccc2F)c(Cl)c1. The van der Waals surface area contributed by atoms with Crippen molar-refractivity contribution < 1.29 is 19.0 Å². The maximum absolute atomic E-state index is 13.6. The van der Waals surface area contributed by atoms with Crippen LogP contribution in [-0.2, 0) is 17.9 Å². The molecule has 2 atom stereocenters. The van der Waals surface area contributed by atoms with Crippen LogP contribution in [0.25, 0.3) is 0 Å². The van der Waals surface area contributed by atoms with Crippen LogP contribution in [0.15, 0.2) is 42.5 Å². The Morgan fingerprint density at radius 3 is 2.81 bits per heavy atom. The minimum Gasteiger partial charge on any atom is -0.487 e. The molecule has 2 unspecified atom stereocenters. The lowest BCUT2D eigenvalue weighted by atomic mass is 10.0. The lowest BCUT2D eigenvalue weighted by Gasteiger charge is -2.18. The summed E-state index contributed by atoms with van der Waals surface area (Å²) in [5.74, 6) is -0.888. The van der Waals surface area contributed by atoms with Crippen LogP contribution in [0.1, 0.15) is 30.4 Å². The van der Waals surface area contributed by atoms with E-state index >= 15 is 0 Å². The van der Waals surface area contributed by atoms with Crippen molar-refractivity contribution in [3.63, 3.8) is 0 Å². The zero-order valence-corrected chi connectivity index (χ0v) is 15.0. The van der Waals surface area contributed by atoms with Crippen LogP contribution in [0.3, 0.4) is 0 Å². The summed E-state index contributed by atoms with van der Waals surface area (Å²) in [6.45, 7) is 0.647. The van der Waals surface area contributed by atoms with Crippen LogP contribution in [0.4, 0.5) is 4.39 Å². The average molecular weight is 378 g/mol. The van der Waals surface area contributed by atoms with E-state index in [1.807, 2.05) is 6.07 Å². The molecule has 1 aliphatic carbocycles. The first-order chi connectivity index (χ1) is 12.5. The largest absolute Gasteiger partial charge is 0.487 e. The fraction of sp³-hybridized carbons (Fsp3) is 0.350. The maximum atomic E-state index is 13.6. The van der Waals surface area contributed by atoms with E-state index in [4.69, 9.17) is 16.3 Å². The van der Waals surface area contributed by atoms with Crippen LogP contribution in [-0.4, -0.2) is 17.1 Å². The molecule has 2 N–H and O–H groups in total. The Kier molecular flexibility index (Phi) is 6.12. The number of rotatable bonds is 7. The summed E-state index contributed by atoms with van der Waals surface area (Å²) >= 11 is 6.27. The van der Waals surface area contributed by atoms with Gasteiger partial charge in [-0.2, -0.15) is 0 Å². The first-order valence-electron chi connectivity index (χ1n) is 8.65. The number of nitrogens with one attached hydrogen (secondary N) is 1. The van der Waals surface area contributed by atoms with E-state index in [0.717, 1.165) is 24.8 Å². The molecule has 1 fully saturated rings. The number of aliphatic carboxylic acids is 1. The van der Waals surface area contributed by atoms with E-state index in [9.17, 15) is 14.3 Å². The van der Waals surface area contributed by atoms with E-state index in [0.29, 0.717) is 22.9 Å². The third-order valence-electron chi connectivity index (χ3n) is 4.74. The van der Waals surface area contributed by atoms with Gasteiger partial charge in [0.05, 0.1) is 10.9 Å². The van der Waals surface area contributed by atoms with Gasteiger partial charge in [-0.25, -0.2) is 4.39 Å². The fourth-order valence-corrected chi connectivity index (χ4v) is 3.55. The zero-order valence-electron chi connectivity index (χ0n) is 14.3. The molecule has 26 heavy (non-hydrogen) atoms. The predicted molar refractivity (Wildman–Crippen MR) is 97.8 cm³/mol. The molecule has 6 heteroatoms. The van der Waals surface area contributed by atoms with Crippen molar-refractivity contribution in [3.8, 4) is 5.75 Å². The second-order valence-electron chi connectivity index (χ2n) is 6.51. The van der Waals surface area contributed by atoms with Gasteiger partial charge >= 0.3 is 5.97 Å². The van der Waals surface area contributed by atoms with Crippen LogP contribution >= 0.6 is 11.6 Å². The molecule has 4 nitrogen and oxygen atoms in total. The Morgan fingerprint density at radius 1 is 1.27 bits per heavy atom. The van der Waals surface area contributed by atoms with Gasteiger partial charge in [-0.15, -0.1) is 0 Å². The molecule has 0 radical (unpaired) electrons. The number of carboxylic acids is 1. The van der Waals surface area contributed by atoms with Crippen molar-refractivity contribution in [1.82, 2.24) is 5.32 Å². The molecule has 0 aromatic heterocycles. The quantitative estimate of drug-likeness (QED) is 0.750. The topological polar surface area (TPSA) is 58.6 Å². The molecule has 1 aliphatic rings. The third-order valence-corrected chi connectivity index (χ3v) is 5.03. The number of hydrogen-bond donors (Lipinski definition) is 2. The predicted octanol–water partition coefficient (Wildman–Crippen LogP) is 4.40. The monoisotopic (exact) mass is 377 g/mol. The summed E-state index contributed by atoms with van der Waals surface area (Å²) < 4.78 is 19.2.